The van der Waals surface area contributed by atoms with Crippen LogP contribution in [0.1, 0.15) is 33.0 Å². The molecular weight excluding hydrogens is 692 g/mol. The fraction of sp³-hybridized carbons (Fsp3) is 0.222. The molecular formula is C27H15Cl3F9N3O3. The zero-order valence-electron chi connectivity index (χ0n) is 22.0. The number of alkyl halides is 8. The van der Waals surface area contributed by atoms with Gasteiger partial charge >= 0.3 is 18.3 Å². The average Bonchev–Trinajstić information content (AvgIpc) is 3.49. The lowest BCUT2D eigenvalue weighted by atomic mass is 10.0. The van der Waals surface area contributed by atoms with Gasteiger partial charge in [0.25, 0.3) is 5.91 Å². The van der Waals surface area contributed by atoms with Gasteiger partial charge in [0, 0.05) is 17.7 Å². The molecule has 0 aliphatic heterocycles. The number of anilines is 3. The van der Waals surface area contributed by atoms with Crippen LogP contribution in [0.25, 0.3) is 0 Å². The van der Waals surface area contributed by atoms with Gasteiger partial charge in [0.15, 0.2) is 0 Å². The number of rotatable bonds is 6. The summed E-state index contributed by atoms with van der Waals surface area (Å²) in [6, 6.07) is 4.81. The summed E-state index contributed by atoms with van der Waals surface area (Å²) in [4.78, 5) is 37.2. The van der Waals surface area contributed by atoms with E-state index in [2.05, 4.69) is 5.32 Å². The number of carbonyl (C=O) groups is 3. The highest BCUT2D eigenvalue weighted by atomic mass is 35.5. The van der Waals surface area contributed by atoms with E-state index in [-0.39, 0.29) is 27.9 Å². The number of nitrogens with one attached hydrogen (secondary N) is 3. The summed E-state index contributed by atoms with van der Waals surface area (Å²) < 4.78 is 118. The third-order valence-corrected chi connectivity index (χ3v) is 8.01. The molecule has 1 aliphatic carbocycles. The topological polar surface area (TPSA) is 87.3 Å². The number of benzene rings is 3. The molecule has 0 saturated heterocycles. The summed E-state index contributed by atoms with van der Waals surface area (Å²) in [6.07, 6.45) is -10.4. The molecule has 45 heavy (non-hydrogen) atoms. The lowest BCUT2D eigenvalue weighted by Crippen LogP contribution is -2.30. The zero-order chi connectivity index (χ0) is 33.8. The van der Waals surface area contributed by atoms with Crippen LogP contribution in [0.5, 0.6) is 0 Å². The molecule has 0 heterocycles. The predicted octanol–water partition coefficient (Wildman–Crippen LogP) is 8.36. The van der Waals surface area contributed by atoms with Crippen LogP contribution in [-0.2, 0) is 15.8 Å². The van der Waals surface area contributed by atoms with Crippen molar-refractivity contribution in [1.82, 2.24) is 0 Å². The first-order valence-corrected chi connectivity index (χ1v) is 13.3. The van der Waals surface area contributed by atoms with Crippen LogP contribution in [0, 0.1) is 30.3 Å². The van der Waals surface area contributed by atoms with Crippen LogP contribution in [0.4, 0.5) is 56.6 Å². The standard InChI is InChI=1S/C27H15Cl3F9N3O3/c1-9-4-11(40-23(44)20-19(25(20,29)30)10-2-3-14(31)13(5-10)26(34,35)36)6-12(21(9)28)22(43)41-17-8-18(16(33)7-15(17)32)42-24(45)27(37,38)39/h2-8,19-20H,1H3,(H,40,44)(H,41,43)(H,42,45)/t19-,20+/m0/s1. The Kier molecular flexibility index (Phi) is 9.05. The van der Waals surface area contributed by atoms with Crippen molar-refractivity contribution in [3.05, 3.63) is 87.2 Å². The minimum Gasteiger partial charge on any atom is -0.326 e. The Morgan fingerprint density at radius 1 is 0.800 bits per heavy atom. The van der Waals surface area contributed by atoms with E-state index in [9.17, 15) is 53.9 Å². The largest absolute Gasteiger partial charge is 0.471 e. The van der Waals surface area contributed by atoms with Crippen molar-refractivity contribution >= 4 is 69.6 Å². The maximum Gasteiger partial charge on any atom is 0.471 e. The molecule has 0 aromatic heterocycles. The smallest absolute Gasteiger partial charge is 0.326 e. The minimum absolute atomic E-state index is 0.112. The Hall–Kier alpha value is -3.69. The zero-order valence-corrected chi connectivity index (χ0v) is 24.2. The number of hydrogen-bond donors (Lipinski definition) is 3. The van der Waals surface area contributed by atoms with Gasteiger partial charge < -0.3 is 16.0 Å². The maximum atomic E-state index is 14.4. The molecule has 1 aliphatic rings. The summed E-state index contributed by atoms with van der Waals surface area (Å²) in [5, 5.41) is 5.35. The molecule has 2 atom stereocenters. The molecule has 3 aromatic carbocycles. The van der Waals surface area contributed by atoms with Crippen LogP contribution < -0.4 is 16.0 Å². The van der Waals surface area contributed by atoms with Crippen molar-refractivity contribution in [2.45, 2.75) is 29.5 Å². The first-order chi connectivity index (χ1) is 20.6. The maximum absolute atomic E-state index is 14.4. The van der Waals surface area contributed by atoms with Gasteiger partial charge in [-0.3, -0.25) is 14.4 Å². The van der Waals surface area contributed by atoms with Crippen molar-refractivity contribution in [3.8, 4) is 0 Å². The van der Waals surface area contributed by atoms with Gasteiger partial charge in [-0.05, 0) is 48.4 Å². The summed E-state index contributed by atoms with van der Waals surface area (Å²) in [5.74, 6) is -11.7. The van der Waals surface area contributed by atoms with Crippen molar-refractivity contribution < 1.29 is 53.9 Å². The number of carbonyl (C=O) groups excluding carboxylic acids is 3. The highest BCUT2D eigenvalue weighted by molar-refractivity contribution is 6.53. The Labute approximate surface area is 261 Å². The van der Waals surface area contributed by atoms with Crippen LogP contribution in [0.3, 0.4) is 0 Å². The molecule has 1 saturated carbocycles. The van der Waals surface area contributed by atoms with Gasteiger partial charge in [-0.25, -0.2) is 13.2 Å². The molecule has 0 bridgehead atoms. The summed E-state index contributed by atoms with van der Waals surface area (Å²) in [6.45, 7) is 1.39. The first-order valence-electron chi connectivity index (χ1n) is 12.2. The third-order valence-electron chi connectivity index (χ3n) is 6.57. The van der Waals surface area contributed by atoms with Crippen molar-refractivity contribution in [2.75, 3.05) is 16.0 Å². The molecule has 4 rings (SSSR count). The summed E-state index contributed by atoms with van der Waals surface area (Å²) >= 11 is 18.6. The van der Waals surface area contributed by atoms with Crippen molar-refractivity contribution in [3.63, 3.8) is 0 Å². The van der Waals surface area contributed by atoms with Gasteiger partial charge in [-0.1, -0.05) is 17.7 Å². The molecule has 0 spiro atoms. The Morgan fingerprint density at radius 2 is 1.40 bits per heavy atom. The molecule has 3 amide bonds. The van der Waals surface area contributed by atoms with Gasteiger partial charge in [0.1, 0.15) is 21.8 Å². The fourth-order valence-corrected chi connectivity index (χ4v) is 5.39. The molecule has 240 valence electrons. The van der Waals surface area contributed by atoms with E-state index in [1.807, 2.05) is 5.32 Å². The van der Waals surface area contributed by atoms with Crippen LogP contribution in [-0.4, -0.2) is 28.2 Å². The van der Waals surface area contributed by atoms with Crippen molar-refractivity contribution in [2.24, 2.45) is 5.92 Å². The molecule has 3 N–H and O–H groups in total. The average molecular weight is 707 g/mol. The second-order valence-corrected chi connectivity index (χ2v) is 11.6. The Morgan fingerprint density at radius 3 is 1.98 bits per heavy atom. The molecule has 6 nitrogen and oxygen atoms in total. The SMILES string of the molecule is Cc1cc(NC(=O)[C@H]2[C@H](c3ccc(F)c(C(F)(F)F)c3)C2(Cl)Cl)cc(C(=O)Nc2cc(NC(=O)C(F)(F)F)c(F)cc2F)c1Cl. The van der Waals surface area contributed by atoms with Crippen molar-refractivity contribution in [1.29, 1.82) is 0 Å². The van der Waals surface area contributed by atoms with E-state index < -0.39 is 86.2 Å². The number of amides is 3. The van der Waals surface area contributed by atoms with Gasteiger partial charge in [-0.15, -0.1) is 23.2 Å². The molecule has 1 fully saturated rings. The lowest BCUT2D eigenvalue weighted by Gasteiger charge is -2.14. The van der Waals surface area contributed by atoms with Crippen LogP contribution in [0.15, 0.2) is 42.5 Å². The van der Waals surface area contributed by atoms with Gasteiger partial charge in [0.05, 0.1) is 33.4 Å². The monoisotopic (exact) mass is 705 g/mol. The second-order valence-electron chi connectivity index (χ2n) is 9.73. The summed E-state index contributed by atoms with van der Waals surface area (Å²) in [5.41, 5.74) is -4.09. The highest BCUT2D eigenvalue weighted by Gasteiger charge is 2.67. The Balaban J connectivity index is 1.56. The lowest BCUT2D eigenvalue weighted by molar-refractivity contribution is -0.167. The third kappa shape index (κ3) is 7.10. The van der Waals surface area contributed by atoms with Crippen LogP contribution >= 0.6 is 34.8 Å². The van der Waals surface area contributed by atoms with Crippen LogP contribution in [0.2, 0.25) is 5.02 Å². The van der Waals surface area contributed by atoms with E-state index in [0.29, 0.717) is 18.2 Å². The summed E-state index contributed by atoms with van der Waals surface area (Å²) in [7, 11) is 0. The Bertz CT molecular complexity index is 1730. The van der Waals surface area contributed by atoms with E-state index in [1.54, 1.807) is 0 Å². The van der Waals surface area contributed by atoms with Gasteiger partial charge in [-0.2, -0.15) is 26.3 Å². The molecule has 0 radical (unpaired) electrons. The minimum atomic E-state index is -5.40. The number of halogens is 12. The van der Waals surface area contributed by atoms with Gasteiger partial charge in [0.2, 0.25) is 5.91 Å². The second kappa shape index (κ2) is 11.9. The molecule has 18 heteroatoms. The van der Waals surface area contributed by atoms with E-state index >= 15 is 0 Å². The quantitative estimate of drug-likeness (QED) is 0.178. The molecule has 0 unspecified atom stereocenters. The normalized spacial score (nSPS) is 17.4. The highest BCUT2D eigenvalue weighted by Crippen LogP contribution is 2.65. The van der Waals surface area contributed by atoms with E-state index in [1.165, 1.54) is 18.3 Å². The first kappa shape index (κ1) is 34.2. The number of hydrogen-bond acceptors (Lipinski definition) is 3. The predicted molar refractivity (Wildman–Crippen MR) is 146 cm³/mol. The molecule has 3 aromatic rings. The fourth-order valence-electron chi connectivity index (χ4n) is 4.37. The number of aryl methyl sites for hydroxylation is 1. The van der Waals surface area contributed by atoms with E-state index in [0.717, 1.165) is 12.1 Å². The van der Waals surface area contributed by atoms with E-state index in [4.69, 9.17) is 34.8 Å².